The minimum Gasteiger partial charge on any atom is -0.421 e. The fraction of sp³-hybridized carbons (Fsp3) is 0.167. The van der Waals surface area contributed by atoms with E-state index in [1.165, 1.54) is 12.3 Å². The van der Waals surface area contributed by atoms with Gasteiger partial charge in [0.1, 0.15) is 11.6 Å². The Kier molecular flexibility index (Phi) is 3.48. The molecule has 12 heteroatoms. The third kappa shape index (κ3) is 2.67. The largest absolute Gasteiger partial charge is 0.507 e. The van der Waals surface area contributed by atoms with Crippen LogP contribution in [0.4, 0.5) is 23.2 Å². The molecule has 124 valence electrons. The number of H-pyrrole nitrogens is 1. The molecule has 1 aliphatic heterocycles. The van der Waals surface area contributed by atoms with Crippen LogP contribution in [0.2, 0.25) is 0 Å². The van der Waals surface area contributed by atoms with Crippen molar-refractivity contribution in [3.63, 3.8) is 0 Å². The molecule has 3 rings (SSSR count). The van der Waals surface area contributed by atoms with Gasteiger partial charge in [-0.05, 0) is 17.3 Å². The monoisotopic (exact) mass is 342 g/mol. The zero-order valence-electron chi connectivity index (χ0n) is 11.4. The maximum Gasteiger partial charge on any atom is 0.507 e. The summed E-state index contributed by atoms with van der Waals surface area (Å²) >= 11 is 0. The number of rotatable bonds is 3. The summed E-state index contributed by atoms with van der Waals surface area (Å²) < 4.78 is 60.3. The highest BCUT2D eigenvalue weighted by Crippen LogP contribution is 2.47. The normalized spacial score (nSPS) is 17.9. The molecule has 0 saturated heterocycles. The lowest BCUT2D eigenvalue weighted by Gasteiger charge is -2.31. The minimum absolute atomic E-state index is 0.00416. The number of nitrogens with one attached hydrogen (secondary N) is 2. The molecule has 8 nitrogen and oxygen atoms in total. The number of hydrogen-bond acceptors (Lipinski definition) is 7. The SMILES string of the molecule is N#CC(=CNc1ccc2c(c1)OC(F)(F)C(F)(F)O2)c1nn[nH]n1. The molecular formula is C12H6F4N6O2. The number of benzene rings is 1. The van der Waals surface area contributed by atoms with E-state index in [9.17, 15) is 17.6 Å². The summed E-state index contributed by atoms with van der Waals surface area (Å²) in [4.78, 5) is 0. The predicted octanol–water partition coefficient (Wildman–Crippen LogP) is 2.13. The molecule has 2 heterocycles. The molecular weight excluding hydrogens is 336 g/mol. The second-order valence-electron chi connectivity index (χ2n) is 4.45. The first-order valence-electron chi connectivity index (χ1n) is 6.21. The second-order valence-corrected chi connectivity index (χ2v) is 4.45. The number of ether oxygens (including phenoxy) is 2. The molecule has 2 aromatic rings. The van der Waals surface area contributed by atoms with E-state index in [0.717, 1.165) is 12.1 Å². The van der Waals surface area contributed by atoms with Gasteiger partial charge < -0.3 is 14.8 Å². The Morgan fingerprint density at radius 3 is 2.54 bits per heavy atom. The highest BCUT2D eigenvalue weighted by atomic mass is 19.3. The molecule has 0 unspecified atom stereocenters. The lowest BCUT2D eigenvalue weighted by molar-refractivity contribution is -0.391. The quantitative estimate of drug-likeness (QED) is 0.650. The number of aromatic amines is 1. The summed E-state index contributed by atoms with van der Waals surface area (Å²) in [6, 6.07) is 5.10. The van der Waals surface area contributed by atoms with Gasteiger partial charge in [0.15, 0.2) is 11.5 Å². The average molecular weight is 342 g/mol. The number of anilines is 1. The van der Waals surface area contributed by atoms with Crippen LogP contribution in [0.25, 0.3) is 5.57 Å². The van der Waals surface area contributed by atoms with E-state index in [2.05, 4.69) is 35.4 Å². The van der Waals surface area contributed by atoms with Crippen LogP contribution in [0, 0.1) is 11.3 Å². The number of hydrogen-bond donors (Lipinski definition) is 2. The molecule has 0 bridgehead atoms. The van der Waals surface area contributed by atoms with E-state index >= 15 is 0 Å². The van der Waals surface area contributed by atoms with Gasteiger partial charge >= 0.3 is 12.2 Å². The Labute approximate surface area is 130 Å². The second kappa shape index (κ2) is 5.37. The zero-order chi connectivity index (χ0) is 17.4. The number of fused-ring (bicyclic) bond motifs is 1. The molecule has 0 radical (unpaired) electrons. The molecule has 0 amide bonds. The molecule has 0 fully saturated rings. The Morgan fingerprint density at radius 2 is 1.92 bits per heavy atom. The van der Waals surface area contributed by atoms with Crippen molar-refractivity contribution in [3.8, 4) is 17.6 Å². The van der Waals surface area contributed by atoms with Crippen molar-refractivity contribution in [2.75, 3.05) is 5.32 Å². The molecule has 1 aromatic carbocycles. The first-order valence-corrected chi connectivity index (χ1v) is 6.21. The minimum atomic E-state index is -4.81. The van der Waals surface area contributed by atoms with E-state index in [4.69, 9.17) is 5.26 Å². The van der Waals surface area contributed by atoms with Crippen molar-refractivity contribution in [3.05, 3.63) is 30.2 Å². The topological polar surface area (TPSA) is 109 Å². The van der Waals surface area contributed by atoms with Crippen molar-refractivity contribution in [2.24, 2.45) is 0 Å². The summed E-state index contributed by atoms with van der Waals surface area (Å²) in [5.41, 5.74) is 0.171. The fourth-order valence-electron chi connectivity index (χ4n) is 1.74. The maximum absolute atomic E-state index is 13.1. The van der Waals surface area contributed by atoms with E-state index in [1.807, 2.05) is 0 Å². The zero-order valence-corrected chi connectivity index (χ0v) is 11.4. The number of allylic oxidation sites excluding steroid dienone is 1. The molecule has 2 N–H and O–H groups in total. The van der Waals surface area contributed by atoms with E-state index < -0.39 is 23.7 Å². The first-order chi connectivity index (χ1) is 11.3. The van der Waals surface area contributed by atoms with Gasteiger partial charge in [-0.3, -0.25) is 0 Å². The van der Waals surface area contributed by atoms with Gasteiger partial charge in [-0.1, -0.05) is 0 Å². The smallest absolute Gasteiger partial charge is 0.421 e. The van der Waals surface area contributed by atoms with Gasteiger partial charge in [-0.25, -0.2) is 0 Å². The molecule has 0 spiro atoms. The standard InChI is InChI=1S/C12H6F4N6O2/c13-11(14)12(15,16)24-9-3-7(1-2-8(9)23-11)18-5-6(4-17)10-19-21-22-20-10/h1-3,5,18H,(H,19,20,21,22). The molecule has 1 aliphatic rings. The van der Waals surface area contributed by atoms with Crippen molar-refractivity contribution in [2.45, 2.75) is 12.2 Å². The van der Waals surface area contributed by atoms with Crippen molar-refractivity contribution < 1.29 is 27.0 Å². The maximum atomic E-state index is 13.1. The van der Waals surface area contributed by atoms with Crippen LogP contribution in [-0.2, 0) is 0 Å². The van der Waals surface area contributed by atoms with Gasteiger partial charge in [0.05, 0.1) is 0 Å². The van der Waals surface area contributed by atoms with Crippen molar-refractivity contribution in [1.29, 1.82) is 5.26 Å². The van der Waals surface area contributed by atoms with Crippen molar-refractivity contribution in [1.82, 2.24) is 20.6 Å². The number of tetrazole rings is 1. The lowest BCUT2D eigenvalue weighted by Crippen LogP contribution is -2.52. The third-order valence-corrected chi connectivity index (χ3v) is 2.85. The number of nitriles is 1. The average Bonchev–Trinajstić information content (AvgIpc) is 3.03. The predicted molar refractivity (Wildman–Crippen MR) is 69.0 cm³/mol. The molecule has 24 heavy (non-hydrogen) atoms. The Hall–Kier alpha value is -3.36. The number of alkyl halides is 4. The lowest BCUT2D eigenvalue weighted by atomic mass is 10.2. The summed E-state index contributed by atoms with van der Waals surface area (Å²) in [5, 5.41) is 24.2. The summed E-state index contributed by atoms with van der Waals surface area (Å²) in [6.07, 6.45) is -8.40. The Morgan fingerprint density at radius 1 is 1.21 bits per heavy atom. The van der Waals surface area contributed by atoms with Gasteiger partial charge in [0.25, 0.3) is 0 Å². The molecule has 0 saturated carbocycles. The van der Waals surface area contributed by atoms with Crippen LogP contribution in [0.15, 0.2) is 24.4 Å². The van der Waals surface area contributed by atoms with E-state index in [1.54, 1.807) is 6.07 Å². The molecule has 0 aliphatic carbocycles. The van der Waals surface area contributed by atoms with Gasteiger partial charge in [0.2, 0.25) is 5.82 Å². The summed E-state index contributed by atoms with van der Waals surface area (Å²) in [6.45, 7) is 0. The van der Waals surface area contributed by atoms with Crippen LogP contribution in [0.3, 0.4) is 0 Å². The molecule has 0 atom stereocenters. The number of aromatic nitrogens is 4. The number of nitrogens with zero attached hydrogens (tertiary/aromatic N) is 4. The number of halogens is 4. The Balaban J connectivity index is 1.84. The van der Waals surface area contributed by atoms with Crippen LogP contribution < -0.4 is 14.8 Å². The van der Waals surface area contributed by atoms with Crippen LogP contribution >= 0.6 is 0 Å². The molecule has 1 aromatic heterocycles. The first kappa shape index (κ1) is 15.5. The van der Waals surface area contributed by atoms with Crippen LogP contribution in [0.1, 0.15) is 5.82 Å². The summed E-state index contributed by atoms with van der Waals surface area (Å²) in [7, 11) is 0. The van der Waals surface area contributed by atoms with Gasteiger partial charge in [0, 0.05) is 18.0 Å². The van der Waals surface area contributed by atoms with Gasteiger partial charge in [-0.15, -0.1) is 10.2 Å². The van der Waals surface area contributed by atoms with Crippen molar-refractivity contribution >= 4 is 11.3 Å². The Bertz CT molecular complexity index is 831. The highest BCUT2D eigenvalue weighted by Gasteiger charge is 2.65. The van der Waals surface area contributed by atoms with E-state index in [0.29, 0.717) is 0 Å². The van der Waals surface area contributed by atoms with Gasteiger partial charge in [-0.2, -0.15) is 28.0 Å². The van der Waals surface area contributed by atoms with E-state index in [-0.39, 0.29) is 17.1 Å². The summed E-state index contributed by atoms with van der Waals surface area (Å²) in [5.74, 6) is -1.12. The van der Waals surface area contributed by atoms with Crippen LogP contribution in [0.5, 0.6) is 11.5 Å². The fourth-order valence-corrected chi connectivity index (χ4v) is 1.74. The van der Waals surface area contributed by atoms with Crippen LogP contribution in [-0.4, -0.2) is 32.8 Å². The highest BCUT2D eigenvalue weighted by molar-refractivity contribution is 5.74. The third-order valence-electron chi connectivity index (χ3n) is 2.85.